The highest BCUT2D eigenvalue weighted by atomic mass is 35.5. The Morgan fingerprint density at radius 3 is 2.57 bits per heavy atom. The molecule has 1 aliphatic rings. The molecule has 3 rings (SSSR count). The second kappa shape index (κ2) is 10.3. The summed E-state index contributed by atoms with van der Waals surface area (Å²) in [5.41, 5.74) is 1.23. The van der Waals surface area contributed by atoms with Gasteiger partial charge in [-0.25, -0.2) is 0 Å². The van der Waals surface area contributed by atoms with E-state index >= 15 is 0 Å². The molecule has 1 saturated heterocycles. The molecular weight excluding hydrogens is 376 g/mol. The molecule has 6 nitrogen and oxygen atoms in total. The van der Waals surface area contributed by atoms with Crippen molar-refractivity contribution >= 4 is 17.5 Å². The van der Waals surface area contributed by atoms with Crippen molar-refractivity contribution in [1.82, 2.24) is 14.7 Å². The molecule has 0 saturated carbocycles. The standard InChI is InChI=1S/C21H25ClN4O2/c22-19-6-4-18(5-7-19)15-24-10-12-26(13-11-24)21(27)17-25(9-2-8-23)16-20-3-1-14-28-20/h1,3-7,14H,2,9-13,15-17H2. The number of hydrogen-bond donors (Lipinski definition) is 0. The van der Waals surface area contributed by atoms with Gasteiger partial charge >= 0.3 is 0 Å². The Bertz CT molecular complexity index is 778. The quantitative estimate of drug-likeness (QED) is 0.681. The van der Waals surface area contributed by atoms with Crippen LogP contribution in [0.4, 0.5) is 0 Å². The Morgan fingerprint density at radius 1 is 1.18 bits per heavy atom. The fraction of sp³-hybridized carbons (Fsp3) is 0.429. The Balaban J connectivity index is 1.47. The van der Waals surface area contributed by atoms with Gasteiger partial charge in [0.1, 0.15) is 5.76 Å². The summed E-state index contributed by atoms with van der Waals surface area (Å²) in [7, 11) is 0. The maximum Gasteiger partial charge on any atom is 0.236 e. The molecule has 0 unspecified atom stereocenters. The first-order chi connectivity index (χ1) is 13.6. The minimum atomic E-state index is 0.107. The van der Waals surface area contributed by atoms with Crippen LogP contribution in [0.15, 0.2) is 47.1 Å². The fourth-order valence-electron chi connectivity index (χ4n) is 3.34. The van der Waals surface area contributed by atoms with E-state index in [1.165, 1.54) is 5.56 Å². The lowest BCUT2D eigenvalue weighted by atomic mass is 10.2. The van der Waals surface area contributed by atoms with Crippen LogP contribution in [0.5, 0.6) is 0 Å². The van der Waals surface area contributed by atoms with Crippen molar-refractivity contribution in [2.24, 2.45) is 0 Å². The van der Waals surface area contributed by atoms with Gasteiger partial charge < -0.3 is 9.32 Å². The Hall–Kier alpha value is -2.33. The van der Waals surface area contributed by atoms with Gasteiger partial charge in [-0.1, -0.05) is 23.7 Å². The van der Waals surface area contributed by atoms with Gasteiger partial charge in [0.2, 0.25) is 5.91 Å². The predicted molar refractivity (Wildman–Crippen MR) is 108 cm³/mol. The van der Waals surface area contributed by atoms with Gasteiger partial charge in [-0.05, 0) is 29.8 Å². The van der Waals surface area contributed by atoms with Crippen LogP contribution in [0.25, 0.3) is 0 Å². The number of carbonyl (C=O) groups is 1. The van der Waals surface area contributed by atoms with Crippen LogP contribution >= 0.6 is 11.6 Å². The summed E-state index contributed by atoms with van der Waals surface area (Å²) in [6.45, 7) is 5.41. The third-order valence-corrected chi connectivity index (χ3v) is 5.15. The van der Waals surface area contributed by atoms with E-state index in [2.05, 4.69) is 11.0 Å². The van der Waals surface area contributed by atoms with E-state index in [1.807, 2.05) is 46.2 Å². The molecule has 0 aliphatic carbocycles. The summed E-state index contributed by atoms with van der Waals surface area (Å²) < 4.78 is 5.38. The number of nitriles is 1. The van der Waals surface area contributed by atoms with Gasteiger partial charge in [0.25, 0.3) is 0 Å². The van der Waals surface area contributed by atoms with Crippen molar-refractivity contribution in [3.63, 3.8) is 0 Å². The zero-order valence-electron chi connectivity index (χ0n) is 15.9. The third-order valence-electron chi connectivity index (χ3n) is 4.90. The number of benzene rings is 1. The molecule has 1 fully saturated rings. The lowest BCUT2D eigenvalue weighted by molar-refractivity contribution is -0.134. The summed E-state index contributed by atoms with van der Waals surface area (Å²) in [5.74, 6) is 0.911. The van der Waals surface area contributed by atoms with Crippen molar-refractivity contribution < 1.29 is 9.21 Å². The smallest absolute Gasteiger partial charge is 0.236 e. The van der Waals surface area contributed by atoms with E-state index in [4.69, 9.17) is 21.3 Å². The Morgan fingerprint density at radius 2 is 1.93 bits per heavy atom. The maximum atomic E-state index is 12.7. The van der Waals surface area contributed by atoms with Crippen LogP contribution in [0.3, 0.4) is 0 Å². The molecule has 0 atom stereocenters. The second-order valence-electron chi connectivity index (χ2n) is 6.98. The molecule has 28 heavy (non-hydrogen) atoms. The molecule has 0 N–H and O–H groups in total. The highest BCUT2D eigenvalue weighted by Gasteiger charge is 2.23. The van der Waals surface area contributed by atoms with Crippen LogP contribution in [0.2, 0.25) is 5.02 Å². The molecule has 0 bridgehead atoms. The van der Waals surface area contributed by atoms with E-state index in [0.29, 0.717) is 26.1 Å². The van der Waals surface area contributed by atoms with E-state index in [1.54, 1.807) is 6.26 Å². The molecule has 7 heteroatoms. The lowest BCUT2D eigenvalue weighted by Crippen LogP contribution is -2.50. The van der Waals surface area contributed by atoms with Gasteiger partial charge in [0.15, 0.2) is 0 Å². The Labute approximate surface area is 170 Å². The zero-order chi connectivity index (χ0) is 19.8. The number of amides is 1. The lowest BCUT2D eigenvalue weighted by Gasteiger charge is -2.35. The van der Waals surface area contributed by atoms with Crippen LogP contribution in [0, 0.1) is 11.3 Å². The van der Waals surface area contributed by atoms with Crippen molar-refractivity contribution in [2.45, 2.75) is 19.5 Å². The number of rotatable bonds is 8. The van der Waals surface area contributed by atoms with Crippen LogP contribution in [-0.2, 0) is 17.9 Å². The first-order valence-electron chi connectivity index (χ1n) is 9.50. The van der Waals surface area contributed by atoms with Crippen LogP contribution < -0.4 is 0 Å². The number of nitrogens with zero attached hydrogens (tertiary/aromatic N) is 4. The van der Waals surface area contributed by atoms with E-state index < -0.39 is 0 Å². The molecule has 1 aromatic carbocycles. The predicted octanol–water partition coefficient (Wildman–Crippen LogP) is 2.99. The van der Waals surface area contributed by atoms with Gasteiger partial charge in [-0.3, -0.25) is 14.6 Å². The van der Waals surface area contributed by atoms with Crippen molar-refractivity contribution in [2.75, 3.05) is 39.3 Å². The zero-order valence-corrected chi connectivity index (χ0v) is 16.6. The number of carbonyl (C=O) groups excluding carboxylic acids is 1. The van der Waals surface area contributed by atoms with E-state index in [-0.39, 0.29) is 5.91 Å². The normalized spacial score (nSPS) is 15.0. The third kappa shape index (κ3) is 6.10. The van der Waals surface area contributed by atoms with Crippen LogP contribution in [0.1, 0.15) is 17.7 Å². The average Bonchev–Trinajstić information content (AvgIpc) is 3.21. The van der Waals surface area contributed by atoms with Crippen molar-refractivity contribution in [3.05, 3.63) is 59.0 Å². The molecule has 2 aromatic rings. The number of furan rings is 1. The Kier molecular flexibility index (Phi) is 7.49. The molecule has 1 aliphatic heterocycles. The van der Waals surface area contributed by atoms with Gasteiger partial charge in [-0.15, -0.1) is 0 Å². The van der Waals surface area contributed by atoms with Gasteiger partial charge in [-0.2, -0.15) is 5.26 Å². The highest BCUT2D eigenvalue weighted by molar-refractivity contribution is 6.30. The minimum absolute atomic E-state index is 0.107. The van der Waals surface area contributed by atoms with E-state index in [0.717, 1.165) is 43.5 Å². The number of halogens is 1. The second-order valence-corrected chi connectivity index (χ2v) is 7.42. The summed E-state index contributed by atoms with van der Waals surface area (Å²) >= 11 is 5.94. The maximum absolute atomic E-state index is 12.7. The fourth-order valence-corrected chi connectivity index (χ4v) is 3.47. The molecule has 148 valence electrons. The molecule has 2 heterocycles. The molecular formula is C21H25ClN4O2. The van der Waals surface area contributed by atoms with E-state index in [9.17, 15) is 4.79 Å². The number of hydrogen-bond acceptors (Lipinski definition) is 5. The number of piperazine rings is 1. The summed E-state index contributed by atoms with van der Waals surface area (Å²) in [4.78, 5) is 19.0. The minimum Gasteiger partial charge on any atom is -0.468 e. The molecule has 1 amide bonds. The molecule has 1 aromatic heterocycles. The average molecular weight is 401 g/mol. The SMILES string of the molecule is N#CCCN(CC(=O)N1CCN(Cc2ccc(Cl)cc2)CC1)Cc1ccco1. The van der Waals surface area contributed by atoms with Gasteiger partial charge in [0, 0.05) is 50.7 Å². The highest BCUT2D eigenvalue weighted by Crippen LogP contribution is 2.13. The summed E-state index contributed by atoms with van der Waals surface area (Å²) in [5, 5.41) is 9.63. The topological polar surface area (TPSA) is 63.7 Å². The first-order valence-corrected chi connectivity index (χ1v) is 9.88. The van der Waals surface area contributed by atoms with Gasteiger partial charge in [0.05, 0.1) is 25.4 Å². The molecule has 0 spiro atoms. The monoisotopic (exact) mass is 400 g/mol. The van der Waals surface area contributed by atoms with Crippen molar-refractivity contribution in [3.8, 4) is 6.07 Å². The molecule has 0 radical (unpaired) electrons. The summed E-state index contributed by atoms with van der Waals surface area (Å²) in [6.07, 6.45) is 2.02. The summed E-state index contributed by atoms with van der Waals surface area (Å²) in [6, 6.07) is 13.8. The van der Waals surface area contributed by atoms with Crippen LogP contribution in [-0.4, -0.2) is 59.9 Å². The first kappa shape index (κ1) is 20.4. The largest absolute Gasteiger partial charge is 0.468 e. The van der Waals surface area contributed by atoms with Crippen molar-refractivity contribution in [1.29, 1.82) is 5.26 Å².